The standard InChI is InChI=1S/C18H26O4Si.C13H16O4.C5H10Si/c1-6-21-16(19)18(17(20)22-7-2)11-13-8-9-15(23(3,4)5)10-14(13)12-18;1-5-9-13(10-6-2,11(14)16-7-3)12(15)17-8-4;1-5-6(2,3)4/h8-10H,6-7,11-12H2,1-5H3;1-2H,7-10H2,3-4H3;1H,2-4H3. The molecule has 0 N–H and O–H groups in total. The third-order valence-electron chi connectivity index (χ3n) is 6.96. The second-order valence-electron chi connectivity index (χ2n) is 12.8. The normalized spacial score (nSPS) is 12.9. The molecule has 0 radical (unpaired) electrons. The highest BCUT2D eigenvalue weighted by molar-refractivity contribution is 6.88. The zero-order valence-electron chi connectivity index (χ0n) is 29.4. The highest BCUT2D eigenvalue weighted by Crippen LogP contribution is 2.39. The summed E-state index contributed by atoms with van der Waals surface area (Å²) in [6, 6.07) is 6.36. The molecule has 0 fully saturated rings. The fourth-order valence-electron chi connectivity index (χ4n) is 4.37. The van der Waals surface area contributed by atoms with Crippen molar-refractivity contribution in [3.05, 3.63) is 29.3 Å². The zero-order valence-corrected chi connectivity index (χ0v) is 31.4. The van der Waals surface area contributed by atoms with Crippen LogP contribution in [0.3, 0.4) is 0 Å². The topological polar surface area (TPSA) is 105 Å². The Bertz CT molecular complexity index is 1280. The van der Waals surface area contributed by atoms with Gasteiger partial charge in [0.25, 0.3) is 0 Å². The van der Waals surface area contributed by atoms with Crippen LogP contribution in [0.25, 0.3) is 0 Å². The lowest BCUT2D eigenvalue weighted by Gasteiger charge is -2.25. The second-order valence-corrected chi connectivity index (χ2v) is 22.7. The number of carbonyl (C=O) groups excluding carboxylic acids is 4. The first kappa shape index (κ1) is 42.2. The van der Waals surface area contributed by atoms with Crippen LogP contribution in [0, 0.1) is 47.5 Å². The number of carbonyl (C=O) groups is 4. The van der Waals surface area contributed by atoms with Gasteiger partial charge in [-0.05, 0) is 51.7 Å². The van der Waals surface area contributed by atoms with Crippen molar-refractivity contribution in [1.82, 2.24) is 0 Å². The molecule has 0 bridgehead atoms. The number of hydrogen-bond acceptors (Lipinski definition) is 8. The van der Waals surface area contributed by atoms with Crippen LogP contribution < -0.4 is 5.19 Å². The molecule has 0 amide bonds. The maximum absolute atomic E-state index is 12.5. The van der Waals surface area contributed by atoms with Crippen molar-refractivity contribution in [3.8, 4) is 36.7 Å². The molecule has 252 valence electrons. The van der Waals surface area contributed by atoms with Crippen molar-refractivity contribution in [2.75, 3.05) is 26.4 Å². The first-order chi connectivity index (χ1) is 21.4. The van der Waals surface area contributed by atoms with Gasteiger partial charge in [-0.15, -0.1) is 36.7 Å². The van der Waals surface area contributed by atoms with Gasteiger partial charge in [0, 0.05) is 12.8 Å². The number of fused-ring (bicyclic) bond motifs is 1. The molecular weight excluding hydrogens is 617 g/mol. The average molecular weight is 669 g/mol. The van der Waals surface area contributed by atoms with Gasteiger partial charge in [-0.3, -0.25) is 19.2 Å². The Kier molecular flexibility index (Phi) is 17.4. The van der Waals surface area contributed by atoms with Crippen molar-refractivity contribution in [3.63, 3.8) is 0 Å². The Morgan fingerprint density at radius 3 is 1.43 bits per heavy atom. The van der Waals surface area contributed by atoms with E-state index in [0.29, 0.717) is 12.8 Å². The SMILES string of the molecule is C#CCC(CC#C)(C(=O)OCC)C(=O)OCC.C#C[Si](C)(C)C.CCOC(=O)C1(C(=O)OCC)Cc2ccc([Si](C)(C)C)cc2C1. The number of rotatable bonds is 11. The van der Waals surface area contributed by atoms with Gasteiger partial charge < -0.3 is 18.9 Å². The van der Waals surface area contributed by atoms with E-state index >= 15 is 0 Å². The van der Waals surface area contributed by atoms with Gasteiger partial charge in [0.1, 0.15) is 8.07 Å². The molecule has 0 saturated heterocycles. The summed E-state index contributed by atoms with van der Waals surface area (Å²) in [7, 11) is -2.54. The highest BCUT2D eigenvalue weighted by Gasteiger charge is 2.53. The van der Waals surface area contributed by atoms with E-state index in [9.17, 15) is 19.2 Å². The van der Waals surface area contributed by atoms with Crippen molar-refractivity contribution in [1.29, 1.82) is 0 Å². The molecule has 8 nitrogen and oxygen atoms in total. The van der Waals surface area contributed by atoms with Crippen LogP contribution in [0.4, 0.5) is 0 Å². The lowest BCUT2D eigenvalue weighted by Crippen LogP contribution is -2.43. The number of esters is 4. The molecule has 0 aromatic heterocycles. The molecule has 1 aliphatic carbocycles. The number of ether oxygens (including phenoxy) is 4. The van der Waals surface area contributed by atoms with Gasteiger partial charge >= 0.3 is 23.9 Å². The Morgan fingerprint density at radius 1 is 0.717 bits per heavy atom. The van der Waals surface area contributed by atoms with Crippen LogP contribution in [0.15, 0.2) is 18.2 Å². The summed E-state index contributed by atoms with van der Waals surface area (Å²) in [6.45, 7) is 20.9. The van der Waals surface area contributed by atoms with Crippen LogP contribution >= 0.6 is 0 Å². The number of hydrogen-bond donors (Lipinski definition) is 0. The fourth-order valence-corrected chi connectivity index (χ4v) is 5.56. The summed E-state index contributed by atoms with van der Waals surface area (Å²) >= 11 is 0. The summed E-state index contributed by atoms with van der Waals surface area (Å²) in [5, 5.41) is 1.33. The van der Waals surface area contributed by atoms with Crippen LogP contribution in [-0.4, -0.2) is 66.5 Å². The maximum Gasteiger partial charge on any atom is 0.325 e. The van der Waals surface area contributed by atoms with E-state index in [-0.39, 0.29) is 39.3 Å². The molecular formula is C36H52O8Si2. The van der Waals surface area contributed by atoms with Crippen LogP contribution in [0.5, 0.6) is 0 Å². The smallest absolute Gasteiger partial charge is 0.325 e. The van der Waals surface area contributed by atoms with Crippen LogP contribution in [0.2, 0.25) is 39.3 Å². The molecule has 0 aliphatic heterocycles. The summed E-state index contributed by atoms with van der Waals surface area (Å²) in [5.41, 5.74) is 2.08. The molecule has 46 heavy (non-hydrogen) atoms. The van der Waals surface area contributed by atoms with E-state index in [0.717, 1.165) is 11.1 Å². The first-order valence-electron chi connectivity index (χ1n) is 15.5. The minimum Gasteiger partial charge on any atom is -0.465 e. The Hall–Kier alpha value is -3.79. The Morgan fingerprint density at radius 2 is 1.11 bits per heavy atom. The minimum atomic E-state index is -1.57. The van der Waals surface area contributed by atoms with Gasteiger partial charge in [0.2, 0.25) is 0 Å². The van der Waals surface area contributed by atoms with Crippen molar-refractivity contribution < 1.29 is 38.1 Å². The lowest BCUT2D eigenvalue weighted by atomic mass is 9.81. The summed E-state index contributed by atoms with van der Waals surface area (Å²) in [6.07, 6.45) is 16.0. The van der Waals surface area contributed by atoms with E-state index in [1.807, 2.05) is 0 Å². The van der Waals surface area contributed by atoms with Gasteiger partial charge in [-0.2, -0.15) is 0 Å². The van der Waals surface area contributed by atoms with E-state index in [2.05, 4.69) is 74.9 Å². The maximum atomic E-state index is 12.5. The summed E-state index contributed by atoms with van der Waals surface area (Å²) in [4.78, 5) is 48.7. The van der Waals surface area contributed by atoms with E-state index in [1.165, 1.54) is 5.19 Å². The largest absolute Gasteiger partial charge is 0.465 e. The van der Waals surface area contributed by atoms with Crippen molar-refractivity contribution in [2.24, 2.45) is 10.8 Å². The first-order valence-corrected chi connectivity index (χ1v) is 22.5. The van der Waals surface area contributed by atoms with Gasteiger partial charge in [-0.1, -0.05) is 62.7 Å². The predicted octanol–water partition coefficient (Wildman–Crippen LogP) is 5.09. The molecule has 0 heterocycles. The highest BCUT2D eigenvalue weighted by atomic mass is 28.3. The number of terminal acetylenes is 3. The third kappa shape index (κ3) is 11.9. The van der Waals surface area contributed by atoms with Crippen LogP contribution in [-0.2, 0) is 51.0 Å². The third-order valence-corrected chi connectivity index (χ3v) is 9.87. The molecule has 0 saturated carbocycles. The Balaban J connectivity index is 0.000000774. The monoisotopic (exact) mass is 668 g/mol. The number of benzene rings is 1. The minimum absolute atomic E-state index is 0.130. The molecule has 0 unspecified atom stereocenters. The second kappa shape index (κ2) is 19.0. The van der Waals surface area contributed by atoms with Crippen molar-refractivity contribution in [2.45, 2.75) is 92.7 Å². The van der Waals surface area contributed by atoms with Gasteiger partial charge in [0.05, 0.1) is 34.5 Å². The predicted molar refractivity (Wildman–Crippen MR) is 187 cm³/mol. The van der Waals surface area contributed by atoms with Gasteiger partial charge in [-0.25, -0.2) is 0 Å². The Labute approximate surface area is 278 Å². The molecule has 0 atom stereocenters. The van der Waals surface area contributed by atoms with E-state index < -0.39 is 50.9 Å². The van der Waals surface area contributed by atoms with Gasteiger partial charge in [0.15, 0.2) is 10.8 Å². The summed E-state index contributed by atoms with van der Waals surface area (Å²) < 4.78 is 20.1. The molecule has 10 heteroatoms. The molecule has 2 rings (SSSR count). The zero-order chi connectivity index (χ0) is 35.8. The molecule has 0 spiro atoms. The molecule has 1 aromatic rings. The van der Waals surface area contributed by atoms with Crippen LogP contribution in [0.1, 0.15) is 51.7 Å². The van der Waals surface area contributed by atoms with E-state index in [1.54, 1.807) is 27.7 Å². The van der Waals surface area contributed by atoms with Crippen molar-refractivity contribution >= 4 is 45.2 Å². The van der Waals surface area contributed by atoms with E-state index in [4.69, 9.17) is 38.2 Å². The quantitative estimate of drug-likeness (QED) is 0.106. The lowest BCUT2D eigenvalue weighted by molar-refractivity contribution is -0.173. The fraction of sp³-hybridized carbons (Fsp3) is 0.556. The molecule has 1 aromatic carbocycles. The summed E-state index contributed by atoms with van der Waals surface area (Å²) in [5.74, 6) is 2.16. The average Bonchev–Trinajstić information content (AvgIpc) is 3.38. The molecule has 1 aliphatic rings.